The minimum Gasteiger partial charge on any atom is -0.367 e. The molecular weight excluding hydrogens is 230 g/mol. The van der Waals surface area contributed by atoms with Crippen LogP contribution in [-0.4, -0.2) is 16.0 Å². The Bertz CT molecular complexity index is 508. The quantitative estimate of drug-likeness (QED) is 0.879. The summed E-state index contributed by atoms with van der Waals surface area (Å²) in [6, 6.07) is 2.69. The maximum atomic E-state index is 4.38. The third-order valence-corrected chi connectivity index (χ3v) is 4.36. The number of anilines is 1. The van der Waals surface area contributed by atoms with E-state index in [9.17, 15) is 0 Å². The SMILES string of the molecule is CC1CCCC(Nc2ncnc3sccc23)C1. The average molecular weight is 247 g/mol. The van der Waals surface area contributed by atoms with E-state index in [2.05, 4.69) is 33.7 Å². The van der Waals surface area contributed by atoms with Gasteiger partial charge in [0.25, 0.3) is 0 Å². The molecule has 2 atom stereocenters. The molecule has 3 nitrogen and oxygen atoms in total. The van der Waals surface area contributed by atoms with E-state index in [1.165, 1.54) is 25.7 Å². The Hall–Kier alpha value is -1.16. The monoisotopic (exact) mass is 247 g/mol. The van der Waals surface area contributed by atoms with Crippen molar-refractivity contribution in [3.05, 3.63) is 17.8 Å². The van der Waals surface area contributed by atoms with Gasteiger partial charge in [-0.25, -0.2) is 9.97 Å². The van der Waals surface area contributed by atoms with E-state index >= 15 is 0 Å². The number of hydrogen-bond donors (Lipinski definition) is 1. The van der Waals surface area contributed by atoms with Crippen molar-refractivity contribution in [2.24, 2.45) is 5.92 Å². The highest BCUT2D eigenvalue weighted by atomic mass is 32.1. The molecule has 3 rings (SSSR count). The fourth-order valence-corrected chi connectivity index (χ4v) is 3.40. The van der Waals surface area contributed by atoms with Gasteiger partial charge in [-0.05, 0) is 30.2 Å². The lowest BCUT2D eigenvalue weighted by Crippen LogP contribution is -2.26. The minimum absolute atomic E-state index is 0.580. The van der Waals surface area contributed by atoms with Gasteiger partial charge in [-0.2, -0.15) is 0 Å². The zero-order valence-corrected chi connectivity index (χ0v) is 10.8. The lowest BCUT2D eigenvalue weighted by molar-refractivity contribution is 0.358. The van der Waals surface area contributed by atoms with Gasteiger partial charge < -0.3 is 5.32 Å². The highest BCUT2D eigenvalue weighted by Gasteiger charge is 2.19. The number of hydrogen-bond acceptors (Lipinski definition) is 4. The second kappa shape index (κ2) is 4.61. The number of aromatic nitrogens is 2. The first-order valence-electron chi connectivity index (χ1n) is 6.27. The van der Waals surface area contributed by atoms with Crippen molar-refractivity contribution in [3.63, 3.8) is 0 Å². The molecule has 1 aliphatic rings. The molecule has 2 heterocycles. The van der Waals surface area contributed by atoms with Gasteiger partial charge in [0.2, 0.25) is 0 Å². The van der Waals surface area contributed by atoms with E-state index in [0.717, 1.165) is 22.0 Å². The molecule has 2 aromatic rings. The molecule has 0 amide bonds. The highest BCUT2D eigenvalue weighted by molar-refractivity contribution is 7.16. The smallest absolute Gasteiger partial charge is 0.138 e. The first-order valence-corrected chi connectivity index (χ1v) is 7.15. The van der Waals surface area contributed by atoms with Crippen LogP contribution in [0.5, 0.6) is 0 Å². The molecule has 1 aliphatic carbocycles. The first kappa shape index (κ1) is 11.0. The van der Waals surface area contributed by atoms with Crippen LogP contribution in [-0.2, 0) is 0 Å². The molecule has 0 saturated heterocycles. The Morgan fingerprint density at radius 2 is 2.29 bits per heavy atom. The van der Waals surface area contributed by atoms with Gasteiger partial charge in [0.05, 0.1) is 5.39 Å². The van der Waals surface area contributed by atoms with E-state index in [-0.39, 0.29) is 0 Å². The van der Waals surface area contributed by atoms with E-state index in [4.69, 9.17) is 0 Å². The molecule has 1 N–H and O–H groups in total. The number of nitrogens with one attached hydrogen (secondary N) is 1. The molecule has 90 valence electrons. The molecule has 1 fully saturated rings. The van der Waals surface area contributed by atoms with Gasteiger partial charge in [0.15, 0.2) is 0 Å². The Morgan fingerprint density at radius 1 is 1.35 bits per heavy atom. The normalized spacial score (nSPS) is 25.0. The number of nitrogens with zero attached hydrogens (tertiary/aromatic N) is 2. The second-order valence-corrected chi connectivity index (χ2v) is 5.87. The van der Waals surface area contributed by atoms with Crippen LogP contribution in [0.3, 0.4) is 0 Å². The lowest BCUT2D eigenvalue weighted by atomic mass is 9.87. The van der Waals surface area contributed by atoms with Gasteiger partial charge in [-0.15, -0.1) is 11.3 Å². The topological polar surface area (TPSA) is 37.8 Å². The molecule has 2 aromatic heterocycles. The largest absolute Gasteiger partial charge is 0.367 e. The van der Waals surface area contributed by atoms with Crippen LogP contribution in [0.15, 0.2) is 17.8 Å². The van der Waals surface area contributed by atoms with E-state index in [0.29, 0.717) is 6.04 Å². The summed E-state index contributed by atoms with van der Waals surface area (Å²) in [4.78, 5) is 9.74. The second-order valence-electron chi connectivity index (χ2n) is 4.97. The van der Waals surface area contributed by atoms with Gasteiger partial charge in [0.1, 0.15) is 17.0 Å². The summed E-state index contributed by atoms with van der Waals surface area (Å²) in [6.45, 7) is 2.34. The van der Waals surface area contributed by atoms with Crippen LogP contribution in [0.2, 0.25) is 0 Å². The molecule has 0 spiro atoms. The van der Waals surface area contributed by atoms with Crippen molar-refractivity contribution in [2.75, 3.05) is 5.32 Å². The summed E-state index contributed by atoms with van der Waals surface area (Å²) >= 11 is 1.67. The Kier molecular flexibility index (Phi) is 2.97. The third kappa shape index (κ3) is 2.27. The van der Waals surface area contributed by atoms with Crippen LogP contribution in [0.1, 0.15) is 32.6 Å². The van der Waals surface area contributed by atoms with Crippen LogP contribution >= 0.6 is 11.3 Å². The summed E-state index contributed by atoms with van der Waals surface area (Å²) in [6.07, 6.45) is 6.88. The molecule has 0 bridgehead atoms. The average Bonchev–Trinajstić information content (AvgIpc) is 2.78. The van der Waals surface area contributed by atoms with Crippen molar-refractivity contribution >= 4 is 27.4 Å². The summed E-state index contributed by atoms with van der Waals surface area (Å²) in [7, 11) is 0. The van der Waals surface area contributed by atoms with Crippen molar-refractivity contribution < 1.29 is 0 Å². The molecule has 0 aliphatic heterocycles. The molecule has 4 heteroatoms. The van der Waals surface area contributed by atoms with Crippen LogP contribution in [0.25, 0.3) is 10.2 Å². The highest BCUT2D eigenvalue weighted by Crippen LogP contribution is 2.29. The van der Waals surface area contributed by atoms with Gasteiger partial charge in [-0.3, -0.25) is 0 Å². The number of thiophene rings is 1. The number of rotatable bonds is 2. The molecule has 0 aromatic carbocycles. The maximum absolute atomic E-state index is 4.38. The lowest BCUT2D eigenvalue weighted by Gasteiger charge is -2.27. The molecule has 17 heavy (non-hydrogen) atoms. The van der Waals surface area contributed by atoms with Gasteiger partial charge in [-0.1, -0.05) is 19.8 Å². The van der Waals surface area contributed by atoms with E-state index in [1.807, 2.05) is 0 Å². The molecular formula is C13H17N3S. The fraction of sp³-hybridized carbons (Fsp3) is 0.538. The van der Waals surface area contributed by atoms with Crippen molar-refractivity contribution in [1.29, 1.82) is 0 Å². The van der Waals surface area contributed by atoms with Crippen molar-refractivity contribution in [3.8, 4) is 0 Å². The minimum atomic E-state index is 0.580. The molecule has 1 saturated carbocycles. The van der Waals surface area contributed by atoms with Crippen LogP contribution in [0.4, 0.5) is 5.82 Å². The third-order valence-electron chi connectivity index (χ3n) is 3.54. The zero-order chi connectivity index (χ0) is 11.7. The van der Waals surface area contributed by atoms with E-state index in [1.54, 1.807) is 17.7 Å². The van der Waals surface area contributed by atoms with Gasteiger partial charge in [0, 0.05) is 6.04 Å². The summed E-state index contributed by atoms with van der Waals surface area (Å²) < 4.78 is 0. The maximum Gasteiger partial charge on any atom is 0.138 e. The van der Waals surface area contributed by atoms with Crippen molar-refractivity contribution in [1.82, 2.24) is 9.97 Å². The first-order chi connectivity index (χ1) is 8.33. The summed E-state index contributed by atoms with van der Waals surface area (Å²) in [5.41, 5.74) is 0. The van der Waals surface area contributed by atoms with Gasteiger partial charge >= 0.3 is 0 Å². The standard InChI is InChI=1S/C13H17N3S/c1-9-3-2-4-10(7-9)16-12-11-5-6-17-13(11)15-8-14-12/h5-6,8-10H,2-4,7H2,1H3,(H,14,15,16). The Morgan fingerprint density at radius 3 is 3.18 bits per heavy atom. The fourth-order valence-electron chi connectivity index (χ4n) is 2.66. The zero-order valence-electron chi connectivity index (χ0n) is 10.0. The Labute approximate surface area is 105 Å². The van der Waals surface area contributed by atoms with Crippen molar-refractivity contribution in [2.45, 2.75) is 38.6 Å². The molecule has 0 radical (unpaired) electrons. The van der Waals surface area contributed by atoms with Crippen LogP contribution < -0.4 is 5.32 Å². The summed E-state index contributed by atoms with van der Waals surface area (Å²) in [5, 5.41) is 6.84. The predicted octanol–water partition coefficient (Wildman–Crippen LogP) is 3.68. The van der Waals surface area contributed by atoms with E-state index < -0.39 is 0 Å². The Balaban J connectivity index is 1.82. The van der Waals surface area contributed by atoms with Crippen LogP contribution in [0, 0.1) is 5.92 Å². The summed E-state index contributed by atoms with van der Waals surface area (Å²) in [5.74, 6) is 1.84. The predicted molar refractivity (Wildman–Crippen MR) is 72.5 cm³/mol. The molecule has 2 unspecified atom stereocenters. The number of fused-ring (bicyclic) bond motifs is 1.